The summed E-state index contributed by atoms with van der Waals surface area (Å²) in [5.41, 5.74) is 6.02. The quantitative estimate of drug-likeness (QED) is 0.554. The SMILES string of the molecule is CCCc1c[nH]c(-c2ccc(Cl)cc2)c1-c1ccc(Cl)cc1. The summed E-state index contributed by atoms with van der Waals surface area (Å²) in [7, 11) is 0. The van der Waals surface area contributed by atoms with Crippen molar-refractivity contribution < 1.29 is 0 Å². The summed E-state index contributed by atoms with van der Waals surface area (Å²) in [6.07, 6.45) is 4.26. The van der Waals surface area contributed by atoms with E-state index in [2.05, 4.69) is 30.2 Å². The Hall–Kier alpha value is -1.70. The largest absolute Gasteiger partial charge is 0.360 e. The number of halogens is 2. The number of rotatable bonds is 4. The van der Waals surface area contributed by atoms with Crippen molar-refractivity contribution >= 4 is 23.2 Å². The van der Waals surface area contributed by atoms with Gasteiger partial charge in [0.25, 0.3) is 0 Å². The van der Waals surface area contributed by atoms with Crippen LogP contribution in [0.1, 0.15) is 18.9 Å². The van der Waals surface area contributed by atoms with Crippen LogP contribution in [-0.4, -0.2) is 4.98 Å². The molecule has 112 valence electrons. The molecule has 1 aromatic heterocycles. The average molecular weight is 330 g/mol. The molecule has 1 nitrogen and oxygen atoms in total. The van der Waals surface area contributed by atoms with E-state index >= 15 is 0 Å². The van der Waals surface area contributed by atoms with Gasteiger partial charge in [0, 0.05) is 21.8 Å². The fourth-order valence-corrected chi connectivity index (χ4v) is 2.97. The molecule has 2 aromatic carbocycles. The first-order valence-corrected chi connectivity index (χ1v) is 8.16. The molecule has 0 atom stereocenters. The van der Waals surface area contributed by atoms with Gasteiger partial charge in [-0.1, -0.05) is 60.8 Å². The normalized spacial score (nSPS) is 10.9. The summed E-state index contributed by atoms with van der Waals surface area (Å²) in [6.45, 7) is 2.20. The van der Waals surface area contributed by atoms with Crippen molar-refractivity contribution in [2.24, 2.45) is 0 Å². The van der Waals surface area contributed by atoms with Gasteiger partial charge in [0.1, 0.15) is 0 Å². The van der Waals surface area contributed by atoms with E-state index < -0.39 is 0 Å². The second-order valence-electron chi connectivity index (χ2n) is 5.33. The summed E-state index contributed by atoms with van der Waals surface area (Å²) >= 11 is 12.0. The maximum Gasteiger partial charge on any atom is 0.0536 e. The number of aromatic amines is 1. The molecule has 0 radical (unpaired) electrons. The van der Waals surface area contributed by atoms with Gasteiger partial charge in [-0.15, -0.1) is 0 Å². The minimum atomic E-state index is 0.747. The molecule has 3 rings (SSSR count). The highest BCUT2D eigenvalue weighted by atomic mass is 35.5. The maximum atomic E-state index is 6.03. The van der Waals surface area contributed by atoms with E-state index in [1.54, 1.807) is 0 Å². The molecule has 3 heteroatoms. The van der Waals surface area contributed by atoms with Crippen LogP contribution in [-0.2, 0) is 6.42 Å². The Morgan fingerprint density at radius 3 is 1.91 bits per heavy atom. The predicted molar refractivity (Wildman–Crippen MR) is 95.7 cm³/mol. The number of hydrogen-bond acceptors (Lipinski definition) is 0. The van der Waals surface area contributed by atoms with Crippen LogP contribution in [0.4, 0.5) is 0 Å². The van der Waals surface area contributed by atoms with Gasteiger partial charge < -0.3 is 4.98 Å². The van der Waals surface area contributed by atoms with Crippen LogP contribution in [0.3, 0.4) is 0 Å². The Morgan fingerprint density at radius 2 is 1.36 bits per heavy atom. The third kappa shape index (κ3) is 3.06. The Morgan fingerprint density at radius 1 is 0.818 bits per heavy atom. The standard InChI is InChI=1S/C19H17Cl2N/c1-2-3-15-12-22-19(14-6-10-17(21)11-7-14)18(15)13-4-8-16(20)9-5-13/h4-12,22H,2-3H2,1H3. The third-order valence-electron chi connectivity index (χ3n) is 3.75. The molecule has 1 heterocycles. The fourth-order valence-electron chi connectivity index (χ4n) is 2.72. The molecule has 0 aliphatic carbocycles. The summed E-state index contributed by atoms with van der Waals surface area (Å²) < 4.78 is 0. The lowest BCUT2D eigenvalue weighted by Gasteiger charge is -2.08. The summed E-state index contributed by atoms with van der Waals surface area (Å²) in [5, 5.41) is 1.50. The van der Waals surface area contributed by atoms with E-state index in [1.165, 1.54) is 16.7 Å². The molecule has 0 spiro atoms. The van der Waals surface area contributed by atoms with Crippen molar-refractivity contribution in [3.8, 4) is 22.4 Å². The first kappa shape index (κ1) is 15.2. The lowest BCUT2D eigenvalue weighted by atomic mass is 9.96. The molecule has 0 saturated heterocycles. The Balaban J connectivity index is 2.14. The van der Waals surface area contributed by atoms with Gasteiger partial charge in [-0.05, 0) is 47.4 Å². The van der Waals surface area contributed by atoms with Gasteiger partial charge in [-0.25, -0.2) is 0 Å². The van der Waals surface area contributed by atoms with E-state index in [-0.39, 0.29) is 0 Å². The second-order valence-corrected chi connectivity index (χ2v) is 6.20. The van der Waals surface area contributed by atoms with Crippen molar-refractivity contribution in [3.63, 3.8) is 0 Å². The molecule has 0 amide bonds. The van der Waals surface area contributed by atoms with Crippen LogP contribution in [0.5, 0.6) is 0 Å². The molecule has 0 bridgehead atoms. The number of aromatic nitrogens is 1. The van der Waals surface area contributed by atoms with E-state index in [1.807, 2.05) is 36.4 Å². The molecule has 0 saturated carbocycles. The number of benzene rings is 2. The Labute approximate surface area is 140 Å². The highest BCUT2D eigenvalue weighted by molar-refractivity contribution is 6.31. The van der Waals surface area contributed by atoms with Gasteiger partial charge in [0.15, 0.2) is 0 Å². The van der Waals surface area contributed by atoms with Crippen molar-refractivity contribution in [1.29, 1.82) is 0 Å². The molecular weight excluding hydrogens is 313 g/mol. The molecular formula is C19H17Cl2N. The smallest absolute Gasteiger partial charge is 0.0536 e. The third-order valence-corrected chi connectivity index (χ3v) is 4.25. The van der Waals surface area contributed by atoms with Crippen LogP contribution in [0.25, 0.3) is 22.4 Å². The summed E-state index contributed by atoms with van der Waals surface area (Å²) in [5.74, 6) is 0. The zero-order valence-corrected chi connectivity index (χ0v) is 13.9. The van der Waals surface area contributed by atoms with E-state index in [0.29, 0.717) is 0 Å². The summed E-state index contributed by atoms with van der Waals surface area (Å²) in [4.78, 5) is 3.43. The first-order chi connectivity index (χ1) is 10.7. The van der Waals surface area contributed by atoms with Crippen molar-refractivity contribution in [1.82, 2.24) is 4.98 Å². The minimum Gasteiger partial charge on any atom is -0.360 e. The molecule has 3 aromatic rings. The van der Waals surface area contributed by atoms with Crippen molar-refractivity contribution in [2.45, 2.75) is 19.8 Å². The highest BCUT2D eigenvalue weighted by Crippen LogP contribution is 2.36. The topological polar surface area (TPSA) is 15.8 Å². The van der Waals surface area contributed by atoms with Gasteiger partial charge in [-0.2, -0.15) is 0 Å². The first-order valence-electron chi connectivity index (χ1n) is 7.41. The van der Waals surface area contributed by atoms with Crippen LogP contribution < -0.4 is 0 Å². The molecule has 0 aliphatic heterocycles. The Bertz CT molecular complexity index is 755. The van der Waals surface area contributed by atoms with Crippen LogP contribution in [0.2, 0.25) is 10.0 Å². The van der Waals surface area contributed by atoms with Crippen LogP contribution in [0.15, 0.2) is 54.7 Å². The fraction of sp³-hybridized carbons (Fsp3) is 0.158. The average Bonchev–Trinajstić information content (AvgIpc) is 2.93. The zero-order chi connectivity index (χ0) is 15.5. The Kier molecular flexibility index (Phi) is 4.56. The molecule has 1 N–H and O–H groups in total. The summed E-state index contributed by atoms with van der Waals surface area (Å²) in [6, 6.07) is 15.9. The zero-order valence-electron chi connectivity index (χ0n) is 12.4. The van der Waals surface area contributed by atoms with Gasteiger partial charge in [-0.3, -0.25) is 0 Å². The molecule has 22 heavy (non-hydrogen) atoms. The lowest BCUT2D eigenvalue weighted by Crippen LogP contribution is -1.87. The number of H-pyrrole nitrogens is 1. The maximum absolute atomic E-state index is 6.03. The van der Waals surface area contributed by atoms with Crippen LogP contribution in [0, 0.1) is 0 Å². The van der Waals surface area contributed by atoms with Crippen LogP contribution >= 0.6 is 23.2 Å². The number of nitrogens with one attached hydrogen (secondary N) is 1. The predicted octanol–water partition coefficient (Wildman–Crippen LogP) is 6.61. The van der Waals surface area contributed by atoms with Gasteiger partial charge in [0.2, 0.25) is 0 Å². The van der Waals surface area contributed by atoms with Crippen molar-refractivity contribution in [2.75, 3.05) is 0 Å². The van der Waals surface area contributed by atoms with E-state index in [0.717, 1.165) is 34.1 Å². The minimum absolute atomic E-state index is 0.747. The number of hydrogen-bond donors (Lipinski definition) is 1. The molecule has 0 aliphatic rings. The van der Waals surface area contributed by atoms with Crippen molar-refractivity contribution in [3.05, 3.63) is 70.3 Å². The monoisotopic (exact) mass is 329 g/mol. The molecule has 0 unspecified atom stereocenters. The lowest BCUT2D eigenvalue weighted by molar-refractivity contribution is 0.925. The molecule has 0 fully saturated rings. The van der Waals surface area contributed by atoms with Gasteiger partial charge in [0.05, 0.1) is 5.69 Å². The van der Waals surface area contributed by atoms with E-state index in [4.69, 9.17) is 23.2 Å². The second kappa shape index (κ2) is 6.60. The van der Waals surface area contributed by atoms with E-state index in [9.17, 15) is 0 Å². The number of aryl methyl sites for hydroxylation is 1. The van der Waals surface area contributed by atoms with Gasteiger partial charge >= 0.3 is 0 Å². The highest BCUT2D eigenvalue weighted by Gasteiger charge is 2.14.